The molecule has 0 spiro atoms. The van der Waals surface area contributed by atoms with Gasteiger partial charge in [0.05, 0.1) is 11.3 Å². The summed E-state index contributed by atoms with van der Waals surface area (Å²) in [4.78, 5) is 10.7. The molecule has 0 aliphatic rings. The van der Waals surface area contributed by atoms with Crippen molar-refractivity contribution in [2.45, 2.75) is 13.3 Å². The minimum Gasteiger partial charge on any atom is -0.478 e. The summed E-state index contributed by atoms with van der Waals surface area (Å²) in [7, 11) is 0. The van der Waals surface area contributed by atoms with Crippen LogP contribution >= 0.6 is 0 Å². The van der Waals surface area contributed by atoms with Gasteiger partial charge in [-0.05, 0) is 34.7 Å². The quantitative estimate of drug-likeness (QED) is 0.828. The molecule has 0 amide bonds. The SMILES string of the molecule is CCc1nnnn1-c1ccc(C(=O)O)cc1. The third-order valence-electron chi connectivity index (χ3n) is 2.21. The predicted molar refractivity (Wildman–Crippen MR) is 55.5 cm³/mol. The zero-order valence-electron chi connectivity index (χ0n) is 8.66. The number of aromatic carboxylic acids is 1. The summed E-state index contributed by atoms with van der Waals surface area (Å²) in [6, 6.07) is 6.41. The van der Waals surface area contributed by atoms with Gasteiger partial charge in [0, 0.05) is 6.42 Å². The van der Waals surface area contributed by atoms with Gasteiger partial charge < -0.3 is 5.11 Å². The van der Waals surface area contributed by atoms with E-state index in [0.29, 0.717) is 6.42 Å². The van der Waals surface area contributed by atoms with Crippen molar-refractivity contribution in [2.24, 2.45) is 0 Å². The van der Waals surface area contributed by atoms with Crippen molar-refractivity contribution in [2.75, 3.05) is 0 Å². The molecule has 1 heterocycles. The molecule has 0 unspecified atom stereocenters. The molecule has 0 fully saturated rings. The van der Waals surface area contributed by atoms with Gasteiger partial charge in [-0.2, -0.15) is 4.68 Å². The third-order valence-corrected chi connectivity index (χ3v) is 2.21. The maximum atomic E-state index is 10.7. The van der Waals surface area contributed by atoms with Gasteiger partial charge in [0.25, 0.3) is 0 Å². The van der Waals surface area contributed by atoms with E-state index in [9.17, 15) is 4.79 Å². The number of hydrogen-bond acceptors (Lipinski definition) is 4. The van der Waals surface area contributed by atoms with E-state index in [2.05, 4.69) is 15.5 Å². The minimum absolute atomic E-state index is 0.245. The molecule has 82 valence electrons. The Morgan fingerprint density at radius 2 is 2.06 bits per heavy atom. The fraction of sp³-hybridized carbons (Fsp3) is 0.200. The molecule has 0 aliphatic carbocycles. The molecular formula is C10H10N4O2. The number of aryl methyl sites for hydroxylation is 1. The van der Waals surface area contributed by atoms with Gasteiger partial charge in [-0.3, -0.25) is 0 Å². The number of rotatable bonds is 3. The molecule has 1 aromatic heterocycles. The van der Waals surface area contributed by atoms with Gasteiger partial charge in [-0.1, -0.05) is 6.92 Å². The number of nitrogens with zero attached hydrogens (tertiary/aromatic N) is 4. The van der Waals surface area contributed by atoms with E-state index in [4.69, 9.17) is 5.11 Å². The highest BCUT2D eigenvalue weighted by Crippen LogP contribution is 2.10. The maximum Gasteiger partial charge on any atom is 0.335 e. The van der Waals surface area contributed by atoms with Crippen LogP contribution in [0.1, 0.15) is 23.1 Å². The standard InChI is InChI=1S/C10H10N4O2/c1-2-9-11-12-13-14(9)8-5-3-7(4-6-8)10(15)16/h3-6H,2H2,1H3,(H,15,16). The first-order chi connectivity index (χ1) is 7.72. The second-order valence-electron chi connectivity index (χ2n) is 3.21. The zero-order chi connectivity index (χ0) is 11.5. The summed E-state index contributed by atoms with van der Waals surface area (Å²) in [5, 5.41) is 20.0. The van der Waals surface area contributed by atoms with E-state index < -0.39 is 5.97 Å². The molecular weight excluding hydrogens is 208 g/mol. The maximum absolute atomic E-state index is 10.7. The Labute approximate surface area is 91.5 Å². The lowest BCUT2D eigenvalue weighted by atomic mass is 10.2. The zero-order valence-corrected chi connectivity index (χ0v) is 8.66. The van der Waals surface area contributed by atoms with Crippen molar-refractivity contribution in [3.63, 3.8) is 0 Å². The molecule has 1 aromatic carbocycles. The summed E-state index contributed by atoms with van der Waals surface area (Å²) in [6.45, 7) is 1.95. The Hall–Kier alpha value is -2.24. The highest BCUT2D eigenvalue weighted by atomic mass is 16.4. The summed E-state index contributed by atoms with van der Waals surface area (Å²) in [6.07, 6.45) is 0.716. The highest BCUT2D eigenvalue weighted by molar-refractivity contribution is 5.87. The van der Waals surface area contributed by atoms with E-state index >= 15 is 0 Å². The first-order valence-corrected chi connectivity index (χ1v) is 4.83. The topological polar surface area (TPSA) is 80.9 Å². The van der Waals surface area contributed by atoms with Crippen LogP contribution in [0, 0.1) is 0 Å². The lowest BCUT2D eigenvalue weighted by molar-refractivity contribution is 0.0697. The van der Waals surface area contributed by atoms with E-state index in [1.54, 1.807) is 16.8 Å². The molecule has 0 saturated heterocycles. The second-order valence-corrected chi connectivity index (χ2v) is 3.21. The van der Waals surface area contributed by atoms with Crippen molar-refractivity contribution in [3.8, 4) is 5.69 Å². The molecule has 0 aliphatic heterocycles. The van der Waals surface area contributed by atoms with Crippen molar-refractivity contribution in [1.82, 2.24) is 20.2 Å². The van der Waals surface area contributed by atoms with Crippen LogP contribution in [0.4, 0.5) is 0 Å². The van der Waals surface area contributed by atoms with E-state index in [0.717, 1.165) is 11.5 Å². The molecule has 0 saturated carbocycles. The lowest BCUT2D eigenvalue weighted by Gasteiger charge is -2.02. The van der Waals surface area contributed by atoms with Gasteiger partial charge in [0.2, 0.25) is 0 Å². The number of aromatic nitrogens is 4. The van der Waals surface area contributed by atoms with Crippen LogP contribution < -0.4 is 0 Å². The number of carbonyl (C=O) groups is 1. The highest BCUT2D eigenvalue weighted by Gasteiger charge is 2.07. The summed E-state index contributed by atoms with van der Waals surface area (Å²) < 4.78 is 1.59. The Balaban J connectivity index is 2.38. The minimum atomic E-state index is -0.945. The summed E-state index contributed by atoms with van der Waals surface area (Å²) in [5.74, 6) is -0.206. The molecule has 6 nitrogen and oxygen atoms in total. The number of hydrogen-bond donors (Lipinski definition) is 1. The fourth-order valence-electron chi connectivity index (χ4n) is 1.37. The monoisotopic (exact) mass is 218 g/mol. The van der Waals surface area contributed by atoms with Crippen LogP contribution in [0.15, 0.2) is 24.3 Å². The van der Waals surface area contributed by atoms with E-state index in [-0.39, 0.29) is 5.56 Å². The van der Waals surface area contributed by atoms with Crippen LogP contribution in [0.25, 0.3) is 5.69 Å². The Bertz CT molecular complexity index is 504. The Morgan fingerprint density at radius 1 is 1.38 bits per heavy atom. The van der Waals surface area contributed by atoms with Crippen LogP contribution in [-0.4, -0.2) is 31.3 Å². The normalized spacial score (nSPS) is 10.3. The molecule has 0 bridgehead atoms. The van der Waals surface area contributed by atoms with E-state index in [1.807, 2.05) is 6.92 Å². The second kappa shape index (κ2) is 4.09. The first-order valence-electron chi connectivity index (χ1n) is 4.83. The number of carboxylic acid groups (broad SMARTS) is 1. The number of carboxylic acids is 1. The predicted octanol–water partition coefficient (Wildman–Crippen LogP) is 0.923. The average Bonchev–Trinajstić information content (AvgIpc) is 2.77. The van der Waals surface area contributed by atoms with Gasteiger partial charge in [-0.25, -0.2) is 4.79 Å². The lowest BCUT2D eigenvalue weighted by Crippen LogP contribution is -2.03. The molecule has 2 rings (SSSR count). The molecule has 0 radical (unpaired) electrons. The Morgan fingerprint density at radius 3 is 2.62 bits per heavy atom. The molecule has 6 heteroatoms. The molecule has 1 N–H and O–H groups in total. The van der Waals surface area contributed by atoms with Crippen LogP contribution in [-0.2, 0) is 6.42 Å². The number of tetrazole rings is 1. The first kappa shape index (κ1) is 10.3. The average molecular weight is 218 g/mol. The Kier molecular flexibility index (Phi) is 2.63. The van der Waals surface area contributed by atoms with Crippen molar-refractivity contribution in [3.05, 3.63) is 35.7 Å². The molecule has 2 aromatic rings. The van der Waals surface area contributed by atoms with E-state index in [1.165, 1.54) is 12.1 Å². The summed E-state index contributed by atoms with van der Waals surface area (Å²) >= 11 is 0. The van der Waals surface area contributed by atoms with Gasteiger partial charge in [0.1, 0.15) is 0 Å². The van der Waals surface area contributed by atoms with Crippen molar-refractivity contribution < 1.29 is 9.90 Å². The summed E-state index contributed by atoms with van der Waals surface area (Å²) in [5.41, 5.74) is 1.00. The van der Waals surface area contributed by atoms with Crippen LogP contribution in [0.3, 0.4) is 0 Å². The van der Waals surface area contributed by atoms with Crippen LogP contribution in [0.2, 0.25) is 0 Å². The smallest absolute Gasteiger partial charge is 0.335 e. The van der Waals surface area contributed by atoms with Crippen LogP contribution in [0.5, 0.6) is 0 Å². The largest absolute Gasteiger partial charge is 0.478 e. The van der Waals surface area contributed by atoms with Gasteiger partial charge in [-0.15, -0.1) is 5.10 Å². The van der Waals surface area contributed by atoms with Crippen molar-refractivity contribution in [1.29, 1.82) is 0 Å². The molecule has 16 heavy (non-hydrogen) atoms. The fourth-order valence-corrected chi connectivity index (χ4v) is 1.37. The van der Waals surface area contributed by atoms with Gasteiger partial charge in [0.15, 0.2) is 5.82 Å². The number of benzene rings is 1. The van der Waals surface area contributed by atoms with Crippen molar-refractivity contribution >= 4 is 5.97 Å². The third kappa shape index (κ3) is 1.77. The molecule has 0 atom stereocenters. The van der Waals surface area contributed by atoms with Gasteiger partial charge >= 0.3 is 5.97 Å².